The van der Waals surface area contributed by atoms with Crippen molar-refractivity contribution < 1.29 is 49.4 Å². The molecule has 0 radical (unpaired) electrons. The van der Waals surface area contributed by atoms with E-state index in [4.69, 9.17) is 4.74 Å². The number of ketones is 1. The summed E-state index contributed by atoms with van der Waals surface area (Å²) in [6, 6.07) is 4.70. The highest BCUT2D eigenvalue weighted by Gasteiger charge is 2.34. The predicted molar refractivity (Wildman–Crippen MR) is 173 cm³/mol. The van der Waals surface area contributed by atoms with Crippen molar-refractivity contribution in [2.45, 2.75) is 110 Å². The SMILES string of the molecule is CC(=O)c1cc2[nH]c(Nc3cc(CNC(=O)CC4CC4)ccc3C(F)(F)F)nc2nc1OCC(F)F.CC(F)(F)F.CCCC1CCCCC1. The summed E-state index contributed by atoms with van der Waals surface area (Å²) in [7, 11) is 0. The van der Waals surface area contributed by atoms with Gasteiger partial charge in [-0.1, -0.05) is 57.9 Å². The van der Waals surface area contributed by atoms with Crippen LogP contribution in [0, 0.1) is 11.8 Å². The molecule has 0 aliphatic heterocycles. The van der Waals surface area contributed by atoms with E-state index in [-0.39, 0.29) is 53.6 Å². The molecular weight excluding hydrogens is 678 g/mol. The number of imidazole rings is 1. The summed E-state index contributed by atoms with van der Waals surface area (Å²) in [6.07, 6.45) is 1.35. The molecule has 278 valence electrons. The summed E-state index contributed by atoms with van der Waals surface area (Å²) in [5.74, 6) is 0.326. The molecule has 0 saturated heterocycles. The molecule has 16 heteroatoms. The molecule has 1 amide bonds. The number of aromatic amines is 1. The number of nitrogens with zero attached hydrogens (tertiary/aromatic N) is 2. The Morgan fingerprint density at radius 2 is 1.64 bits per heavy atom. The average Bonchev–Trinajstić information content (AvgIpc) is 3.74. The Morgan fingerprint density at radius 1 is 0.980 bits per heavy atom. The first-order valence-electron chi connectivity index (χ1n) is 16.6. The summed E-state index contributed by atoms with van der Waals surface area (Å²) < 4.78 is 102. The molecule has 0 bridgehead atoms. The largest absolute Gasteiger partial charge is 0.471 e. The lowest BCUT2D eigenvalue weighted by Gasteiger charge is -2.20. The van der Waals surface area contributed by atoms with Gasteiger partial charge in [0.1, 0.15) is 0 Å². The average molecular weight is 722 g/mol. The number of alkyl halides is 8. The van der Waals surface area contributed by atoms with Crippen molar-refractivity contribution >= 4 is 34.5 Å². The number of pyridine rings is 1. The Labute approximate surface area is 285 Å². The fraction of sp³-hybridized carbons (Fsp3) is 0.588. The number of anilines is 2. The van der Waals surface area contributed by atoms with Gasteiger partial charge in [-0.3, -0.25) is 9.59 Å². The van der Waals surface area contributed by atoms with E-state index in [1.165, 1.54) is 70.1 Å². The highest BCUT2D eigenvalue weighted by molar-refractivity contribution is 5.99. The molecule has 2 heterocycles. The van der Waals surface area contributed by atoms with Gasteiger partial charge in [-0.25, -0.2) is 8.78 Å². The lowest BCUT2D eigenvalue weighted by molar-refractivity contribution is -0.137. The van der Waals surface area contributed by atoms with Gasteiger partial charge in [0.15, 0.2) is 18.0 Å². The van der Waals surface area contributed by atoms with Crippen molar-refractivity contribution in [1.29, 1.82) is 0 Å². The van der Waals surface area contributed by atoms with Crippen LogP contribution in [0.15, 0.2) is 24.3 Å². The fourth-order valence-electron chi connectivity index (χ4n) is 5.41. The molecular formula is C34H43F8N5O3. The van der Waals surface area contributed by atoms with Crippen LogP contribution in [-0.2, 0) is 17.5 Å². The minimum absolute atomic E-state index is 0.0485. The molecule has 2 aliphatic rings. The number of ether oxygens (including phenoxy) is 1. The number of aromatic nitrogens is 3. The number of benzene rings is 1. The van der Waals surface area contributed by atoms with Crippen LogP contribution in [-0.4, -0.2) is 45.9 Å². The minimum atomic E-state index is -4.68. The molecule has 0 unspecified atom stereocenters. The van der Waals surface area contributed by atoms with Crippen molar-refractivity contribution in [2.24, 2.45) is 11.8 Å². The van der Waals surface area contributed by atoms with E-state index < -0.39 is 36.7 Å². The van der Waals surface area contributed by atoms with Gasteiger partial charge in [-0.2, -0.15) is 36.3 Å². The smallest absolute Gasteiger partial charge is 0.418 e. The summed E-state index contributed by atoms with van der Waals surface area (Å²) in [5.41, 5.74) is -0.803. The Balaban J connectivity index is 0.000000402. The van der Waals surface area contributed by atoms with Gasteiger partial charge in [0.25, 0.3) is 6.43 Å². The molecule has 1 aromatic carbocycles. The van der Waals surface area contributed by atoms with E-state index in [2.05, 4.69) is 32.5 Å². The maximum absolute atomic E-state index is 13.6. The second-order valence-electron chi connectivity index (χ2n) is 12.6. The van der Waals surface area contributed by atoms with E-state index in [9.17, 15) is 44.7 Å². The van der Waals surface area contributed by atoms with Crippen LogP contribution in [0.1, 0.15) is 106 Å². The van der Waals surface area contributed by atoms with E-state index in [1.807, 2.05) is 0 Å². The Kier molecular flexibility index (Phi) is 14.8. The van der Waals surface area contributed by atoms with Crippen LogP contribution in [0.5, 0.6) is 5.88 Å². The number of nitrogens with one attached hydrogen (secondary N) is 3. The van der Waals surface area contributed by atoms with Crippen molar-refractivity contribution in [3.8, 4) is 5.88 Å². The number of carbonyl (C=O) groups excluding carboxylic acids is 2. The van der Waals surface area contributed by atoms with Crippen LogP contribution in [0.3, 0.4) is 0 Å². The summed E-state index contributed by atoms with van der Waals surface area (Å²) in [6.45, 7) is 2.74. The van der Waals surface area contributed by atoms with Crippen molar-refractivity contribution in [2.75, 3.05) is 11.9 Å². The molecule has 2 saturated carbocycles. The zero-order valence-electron chi connectivity index (χ0n) is 28.2. The van der Waals surface area contributed by atoms with Crippen LogP contribution in [0.2, 0.25) is 0 Å². The van der Waals surface area contributed by atoms with E-state index in [1.54, 1.807) is 0 Å². The second-order valence-corrected chi connectivity index (χ2v) is 12.6. The lowest BCUT2D eigenvalue weighted by Crippen LogP contribution is -2.23. The molecule has 0 spiro atoms. The molecule has 2 aliphatic carbocycles. The predicted octanol–water partition coefficient (Wildman–Crippen LogP) is 9.92. The third kappa shape index (κ3) is 14.5. The number of hydrogen-bond acceptors (Lipinski definition) is 6. The highest BCUT2D eigenvalue weighted by atomic mass is 19.4. The van der Waals surface area contributed by atoms with Gasteiger partial charge in [-0.15, -0.1) is 0 Å². The monoisotopic (exact) mass is 721 g/mol. The van der Waals surface area contributed by atoms with E-state index >= 15 is 0 Å². The molecule has 3 aromatic rings. The van der Waals surface area contributed by atoms with Crippen LogP contribution < -0.4 is 15.4 Å². The maximum atomic E-state index is 13.6. The molecule has 50 heavy (non-hydrogen) atoms. The third-order valence-electron chi connectivity index (χ3n) is 7.89. The summed E-state index contributed by atoms with van der Waals surface area (Å²) in [4.78, 5) is 34.6. The highest BCUT2D eigenvalue weighted by Crippen LogP contribution is 2.37. The van der Waals surface area contributed by atoms with Gasteiger partial charge >= 0.3 is 12.4 Å². The first-order chi connectivity index (χ1) is 23.4. The number of H-pyrrole nitrogens is 1. The van der Waals surface area contributed by atoms with Gasteiger partial charge in [-0.05, 0) is 55.4 Å². The normalized spacial score (nSPS) is 15.1. The quantitative estimate of drug-likeness (QED) is 0.127. The number of fused-ring (bicyclic) bond motifs is 1. The molecule has 3 N–H and O–H groups in total. The lowest BCUT2D eigenvalue weighted by atomic mass is 9.86. The number of halogens is 8. The van der Waals surface area contributed by atoms with Gasteiger partial charge in [0, 0.05) is 19.9 Å². The first-order valence-corrected chi connectivity index (χ1v) is 16.6. The van der Waals surface area contributed by atoms with Crippen LogP contribution in [0.25, 0.3) is 11.2 Å². The maximum Gasteiger partial charge on any atom is 0.418 e. The van der Waals surface area contributed by atoms with Gasteiger partial charge in [0.2, 0.25) is 17.7 Å². The van der Waals surface area contributed by atoms with Crippen LogP contribution >= 0.6 is 0 Å². The number of carbonyl (C=O) groups is 2. The Hall–Kier alpha value is -3.98. The fourth-order valence-corrected chi connectivity index (χ4v) is 5.41. The molecule has 8 nitrogen and oxygen atoms in total. The zero-order chi connectivity index (χ0) is 37.1. The third-order valence-corrected chi connectivity index (χ3v) is 7.89. The van der Waals surface area contributed by atoms with E-state index in [0.29, 0.717) is 17.9 Å². The molecule has 2 aromatic heterocycles. The Bertz CT molecular complexity index is 1540. The number of hydrogen-bond donors (Lipinski definition) is 3. The zero-order valence-corrected chi connectivity index (χ0v) is 28.2. The molecule has 5 rings (SSSR count). The van der Waals surface area contributed by atoms with Crippen LogP contribution in [0.4, 0.5) is 46.8 Å². The Morgan fingerprint density at radius 3 is 2.20 bits per heavy atom. The first kappa shape index (κ1) is 40.4. The van der Waals surface area contributed by atoms with Crippen molar-refractivity contribution in [3.63, 3.8) is 0 Å². The summed E-state index contributed by atoms with van der Waals surface area (Å²) >= 11 is 0. The standard InChI is InChI=1S/C23H22F5N5O3.C9H18.C2H3F3/c1-11(34)14-8-17-20(32-21(14)36-10-18(24)25)33-22(31-17)30-16-6-13(4-5-15(16)23(26,27)28)9-29-19(35)7-12-2-3-12;1-2-6-9-7-4-3-5-8-9;1-2(3,4)5/h4-6,8,12,18H,2-3,7,9-10H2,1H3,(H,29,35)(H2,30,31,32,33);9H,2-8H2,1H3;1H3. The number of Topliss-reactive ketones (excluding diaryl/α,β-unsaturated/α-hetero) is 1. The second kappa shape index (κ2) is 18.3. The molecule has 0 atom stereocenters. The number of amides is 1. The number of rotatable bonds is 12. The van der Waals surface area contributed by atoms with Gasteiger partial charge in [0.05, 0.1) is 22.3 Å². The minimum Gasteiger partial charge on any atom is -0.471 e. The van der Waals surface area contributed by atoms with Gasteiger partial charge < -0.3 is 20.4 Å². The van der Waals surface area contributed by atoms with E-state index in [0.717, 1.165) is 24.8 Å². The van der Waals surface area contributed by atoms with Crippen molar-refractivity contribution in [1.82, 2.24) is 20.3 Å². The summed E-state index contributed by atoms with van der Waals surface area (Å²) in [5, 5.41) is 5.28. The van der Waals surface area contributed by atoms with Crippen molar-refractivity contribution in [3.05, 3.63) is 41.0 Å². The molecule has 2 fully saturated rings. The topological polar surface area (TPSA) is 109 Å².